The van der Waals surface area contributed by atoms with Gasteiger partial charge in [-0.05, 0) is 18.2 Å². The highest BCUT2D eigenvalue weighted by Gasteiger charge is 2.16. The first-order chi connectivity index (χ1) is 8.52. The minimum Gasteiger partial charge on any atom is -0.496 e. The van der Waals surface area contributed by atoms with Crippen molar-refractivity contribution in [1.82, 2.24) is 4.98 Å². The Morgan fingerprint density at radius 2 is 2.11 bits per heavy atom. The van der Waals surface area contributed by atoms with Gasteiger partial charge < -0.3 is 10.5 Å². The fourth-order valence-corrected chi connectivity index (χ4v) is 2.87. The van der Waals surface area contributed by atoms with Crippen molar-refractivity contribution in [2.24, 2.45) is 0 Å². The first-order valence-electron chi connectivity index (χ1n) is 5.63. The van der Waals surface area contributed by atoms with Gasteiger partial charge in [-0.1, -0.05) is 29.8 Å². The number of hydrogen-bond donors (Lipinski definition) is 1. The molecule has 18 heavy (non-hydrogen) atoms. The summed E-state index contributed by atoms with van der Waals surface area (Å²) < 4.78 is 6.35. The Hall–Kier alpha value is -1.07. The van der Waals surface area contributed by atoms with E-state index in [-0.39, 0.29) is 0 Å². The lowest BCUT2D eigenvalue weighted by Crippen LogP contribution is -1.92. The number of ether oxygens (including phenoxy) is 1. The second kappa shape index (κ2) is 5.28. The molecular weight excluding hydrogens is 312 g/mol. The van der Waals surface area contributed by atoms with E-state index in [0.717, 1.165) is 31.5 Å². The highest BCUT2D eigenvalue weighted by molar-refractivity contribution is 9.10. The zero-order valence-electron chi connectivity index (χ0n) is 10.5. The first kappa shape index (κ1) is 13.4. The molecule has 0 unspecified atom stereocenters. The van der Waals surface area contributed by atoms with Crippen LogP contribution in [-0.2, 0) is 0 Å². The molecule has 0 fully saturated rings. The van der Waals surface area contributed by atoms with Crippen molar-refractivity contribution in [2.75, 3.05) is 12.8 Å². The molecule has 0 saturated carbocycles. The van der Waals surface area contributed by atoms with Crippen LogP contribution < -0.4 is 10.5 Å². The van der Waals surface area contributed by atoms with Gasteiger partial charge in [0.15, 0.2) is 0 Å². The molecule has 2 aromatic rings. The number of nitrogens with two attached hydrogens (primary N) is 1. The van der Waals surface area contributed by atoms with Crippen LogP contribution in [0.15, 0.2) is 22.7 Å². The SMILES string of the molecule is COc1ccc(Br)cc1-c1nc(C(C)C)sc1N. The van der Waals surface area contributed by atoms with E-state index in [1.807, 2.05) is 18.2 Å². The number of rotatable bonds is 3. The number of hydrogen-bond acceptors (Lipinski definition) is 4. The summed E-state index contributed by atoms with van der Waals surface area (Å²) in [6, 6.07) is 5.83. The number of benzene rings is 1. The second-order valence-electron chi connectivity index (χ2n) is 4.26. The quantitative estimate of drug-likeness (QED) is 0.915. The Morgan fingerprint density at radius 1 is 1.39 bits per heavy atom. The van der Waals surface area contributed by atoms with Crippen molar-refractivity contribution in [2.45, 2.75) is 19.8 Å². The Morgan fingerprint density at radius 3 is 2.67 bits per heavy atom. The van der Waals surface area contributed by atoms with Crippen LogP contribution in [0.4, 0.5) is 5.00 Å². The smallest absolute Gasteiger partial charge is 0.128 e. The summed E-state index contributed by atoms with van der Waals surface area (Å²) in [5.74, 6) is 1.16. The first-order valence-corrected chi connectivity index (χ1v) is 7.24. The number of nitrogen functional groups attached to an aromatic ring is 1. The predicted octanol–water partition coefficient (Wildman–Crippen LogP) is 4.29. The highest BCUT2D eigenvalue weighted by Crippen LogP contribution is 2.39. The van der Waals surface area contributed by atoms with E-state index in [0.29, 0.717) is 5.92 Å². The fourth-order valence-electron chi connectivity index (χ4n) is 1.65. The van der Waals surface area contributed by atoms with Crippen molar-refractivity contribution in [3.05, 3.63) is 27.7 Å². The standard InChI is InChI=1S/C13H15BrN2OS/c1-7(2)13-16-11(12(15)18-13)9-6-8(14)4-5-10(9)17-3/h4-7H,15H2,1-3H3. The summed E-state index contributed by atoms with van der Waals surface area (Å²) in [7, 11) is 1.65. The molecule has 96 valence electrons. The minimum absolute atomic E-state index is 0.379. The number of halogens is 1. The molecule has 1 aromatic carbocycles. The molecule has 0 bridgehead atoms. The van der Waals surface area contributed by atoms with E-state index in [1.54, 1.807) is 7.11 Å². The van der Waals surface area contributed by atoms with Crippen molar-refractivity contribution in [1.29, 1.82) is 0 Å². The van der Waals surface area contributed by atoms with Crippen molar-refractivity contribution in [3.63, 3.8) is 0 Å². The van der Waals surface area contributed by atoms with Gasteiger partial charge in [-0.15, -0.1) is 11.3 Å². The lowest BCUT2D eigenvalue weighted by molar-refractivity contribution is 0.416. The maximum atomic E-state index is 6.07. The number of methoxy groups -OCH3 is 1. The molecule has 0 atom stereocenters. The van der Waals surface area contributed by atoms with Crippen LogP contribution >= 0.6 is 27.3 Å². The highest BCUT2D eigenvalue weighted by atomic mass is 79.9. The van der Waals surface area contributed by atoms with E-state index in [9.17, 15) is 0 Å². The molecule has 0 aliphatic rings. The number of aromatic nitrogens is 1. The van der Waals surface area contributed by atoms with Gasteiger partial charge in [0.2, 0.25) is 0 Å². The van der Waals surface area contributed by atoms with Gasteiger partial charge in [-0.3, -0.25) is 0 Å². The van der Waals surface area contributed by atoms with Gasteiger partial charge in [0.25, 0.3) is 0 Å². The number of anilines is 1. The van der Waals surface area contributed by atoms with Gasteiger partial charge in [-0.2, -0.15) is 0 Å². The predicted molar refractivity (Wildman–Crippen MR) is 80.3 cm³/mol. The zero-order chi connectivity index (χ0) is 13.3. The minimum atomic E-state index is 0.379. The Kier molecular flexibility index (Phi) is 3.92. The van der Waals surface area contributed by atoms with Crippen LogP contribution in [-0.4, -0.2) is 12.1 Å². The average molecular weight is 327 g/mol. The van der Waals surface area contributed by atoms with Gasteiger partial charge in [-0.25, -0.2) is 4.98 Å². The van der Waals surface area contributed by atoms with E-state index < -0.39 is 0 Å². The lowest BCUT2D eigenvalue weighted by atomic mass is 10.1. The summed E-state index contributed by atoms with van der Waals surface area (Å²) in [5, 5.41) is 1.78. The van der Waals surface area contributed by atoms with Gasteiger partial charge in [0.05, 0.1) is 12.1 Å². The van der Waals surface area contributed by atoms with Crippen molar-refractivity contribution in [3.8, 4) is 17.0 Å². The summed E-state index contributed by atoms with van der Waals surface area (Å²) in [6.45, 7) is 4.22. The molecule has 2 N–H and O–H groups in total. The van der Waals surface area contributed by atoms with E-state index in [1.165, 1.54) is 11.3 Å². The molecule has 1 aromatic heterocycles. The molecule has 0 spiro atoms. The molecule has 3 nitrogen and oxygen atoms in total. The van der Waals surface area contributed by atoms with Gasteiger partial charge in [0.1, 0.15) is 16.4 Å². The largest absolute Gasteiger partial charge is 0.496 e. The monoisotopic (exact) mass is 326 g/mol. The molecular formula is C13H15BrN2OS. The third-order valence-electron chi connectivity index (χ3n) is 2.58. The molecule has 0 aliphatic heterocycles. The number of nitrogens with zero attached hydrogens (tertiary/aromatic N) is 1. The van der Waals surface area contributed by atoms with Crippen LogP contribution in [0.5, 0.6) is 5.75 Å². The topological polar surface area (TPSA) is 48.1 Å². The maximum absolute atomic E-state index is 6.07. The molecule has 1 heterocycles. The molecule has 0 radical (unpaired) electrons. The average Bonchev–Trinajstić information content (AvgIpc) is 2.71. The summed E-state index contributed by atoms with van der Waals surface area (Å²) in [5.41, 5.74) is 7.80. The molecule has 0 amide bonds. The maximum Gasteiger partial charge on any atom is 0.128 e. The van der Waals surface area contributed by atoms with Crippen LogP contribution in [0, 0.1) is 0 Å². The van der Waals surface area contributed by atoms with E-state index in [4.69, 9.17) is 10.5 Å². The van der Waals surface area contributed by atoms with Crippen LogP contribution in [0.25, 0.3) is 11.3 Å². The van der Waals surface area contributed by atoms with Crippen LogP contribution in [0.1, 0.15) is 24.8 Å². The molecule has 0 saturated heterocycles. The summed E-state index contributed by atoms with van der Waals surface area (Å²) >= 11 is 5.00. The van der Waals surface area contributed by atoms with E-state index >= 15 is 0 Å². The molecule has 2 rings (SSSR count). The van der Waals surface area contributed by atoms with Gasteiger partial charge in [0, 0.05) is 16.0 Å². The Balaban J connectivity index is 2.57. The fraction of sp³-hybridized carbons (Fsp3) is 0.308. The zero-order valence-corrected chi connectivity index (χ0v) is 12.9. The third-order valence-corrected chi connectivity index (χ3v) is 4.26. The molecule has 5 heteroatoms. The van der Waals surface area contributed by atoms with Crippen molar-refractivity contribution >= 4 is 32.3 Å². The lowest BCUT2D eigenvalue weighted by Gasteiger charge is -2.07. The van der Waals surface area contributed by atoms with E-state index in [2.05, 4.69) is 34.8 Å². The van der Waals surface area contributed by atoms with Crippen LogP contribution in [0.2, 0.25) is 0 Å². The Labute approximate surface area is 119 Å². The number of thiazole rings is 1. The summed E-state index contributed by atoms with van der Waals surface area (Å²) in [6.07, 6.45) is 0. The van der Waals surface area contributed by atoms with Gasteiger partial charge >= 0.3 is 0 Å². The normalized spacial score (nSPS) is 10.9. The third kappa shape index (κ3) is 2.52. The summed E-state index contributed by atoms with van der Waals surface area (Å²) in [4.78, 5) is 4.62. The van der Waals surface area contributed by atoms with Crippen molar-refractivity contribution < 1.29 is 4.74 Å². The van der Waals surface area contributed by atoms with Crippen LogP contribution in [0.3, 0.4) is 0 Å². The second-order valence-corrected chi connectivity index (χ2v) is 6.24. The molecule has 0 aliphatic carbocycles. The Bertz CT molecular complexity index is 566.